The van der Waals surface area contributed by atoms with E-state index in [0.717, 1.165) is 49.6 Å². The van der Waals surface area contributed by atoms with Crippen LogP contribution in [-0.4, -0.2) is 60.6 Å². The standard InChI is InChI=1S/C15H21ClN2OS/c1-20-14-6-3-2-5-13(14)15(19)18-9-4-8-17(10-7-16)11-12-18/h2-3,5-6H,4,7-12H2,1H3. The average molecular weight is 313 g/mol. The van der Waals surface area contributed by atoms with Crippen molar-refractivity contribution in [3.63, 3.8) is 0 Å². The molecule has 20 heavy (non-hydrogen) atoms. The monoisotopic (exact) mass is 312 g/mol. The van der Waals surface area contributed by atoms with Crippen LogP contribution in [0.5, 0.6) is 0 Å². The summed E-state index contributed by atoms with van der Waals surface area (Å²) in [4.78, 5) is 18.0. The Morgan fingerprint density at radius 3 is 2.80 bits per heavy atom. The summed E-state index contributed by atoms with van der Waals surface area (Å²) < 4.78 is 0. The van der Waals surface area contributed by atoms with Crippen LogP contribution in [0, 0.1) is 0 Å². The molecule has 1 aliphatic rings. The number of benzene rings is 1. The predicted molar refractivity (Wildman–Crippen MR) is 85.9 cm³/mol. The fraction of sp³-hybridized carbons (Fsp3) is 0.533. The molecule has 0 spiro atoms. The fourth-order valence-corrected chi connectivity index (χ4v) is 3.34. The molecule has 0 N–H and O–H groups in total. The number of carbonyl (C=O) groups excluding carboxylic acids is 1. The van der Waals surface area contributed by atoms with Crippen molar-refractivity contribution in [1.82, 2.24) is 9.80 Å². The second-order valence-electron chi connectivity index (χ2n) is 4.88. The van der Waals surface area contributed by atoms with Crippen molar-refractivity contribution < 1.29 is 4.79 Å². The van der Waals surface area contributed by atoms with Crippen molar-refractivity contribution in [3.05, 3.63) is 29.8 Å². The van der Waals surface area contributed by atoms with E-state index in [1.54, 1.807) is 11.8 Å². The van der Waals surface area contributed by atoms with Gasteiger partial charge in [-0.25, -0.2) is 0 Å². The highest BCUT2D eigenvalue weighted by atomic mass is 35.5. The van der Waals surface area contributed by atoms with Gasteiger partial charge >= 0.3 is 0 Å². The highest BCUT2D eigenvalue weighted by Crippen LogP contribution is 2.21. The van der Waals surface area contributed by atoms with Crippen molar-refractivity contribution in [2.45, 2.75) is 11.3 Å². The van der Waals surface area contributed by atoms with E-state index < -0.39 is 0 Å². The number of halogens is 1. The summed E-state index contributed by atoms with van der Waals surface area (Å²) in [5.41, 5.74) is 0.825. The first kappa shape index (κ1) is 15.7. The summed E-state index contributed by atoms with van der Waals surface area (Å²) in [5.74, 6) is 0.811. The predicted octanol–water partition coefficient (Wildman–Crippen LogP) is 2.80. The quantitative estimate of drug-likeness (QED) is 0.631. The Hall–Kier alpha value is -0.710. The van der Waals surface area contributed by atoms with Gasteiger partial charge in [-0.1, -0.05) is 12.1 Å². The summed E-state index contributed by atoms with van der Waals surface area (Å²) in [7, 11) is 0. The Morgan fingerprint density at radius 1 is 1.25 bits per heavy atom. The first-order chi connectivity index (χ1) is 9.76. The van der Waals surface area contributed by atoms with Crippen molar-refractivity contribution >= 4 is 29.3 Å². The number of rotatable bonds is 4. The van der Waals surface area contributed by atoms with Crippen LogP contribution in [0.2, 0.25) is 0 Å². The number of hydrogen-bond donors (Lipinski definition) is 0. The van der Waals surface area contributed by atoms with Crippen LogP contribution in [0.15, 0.2) is 29.2 Å². The third-order valence-corrected chi connectivity index (χ3v) is 4.58. The molecule has 0 atom stereocenters. The van der Waals surface area contributed by atoms with Gasteiger partial charge in [-0.15, -0.1) is 23.4 Å². The second kappa shape index (κ2) is 7.91. The lowest BCUT2D eigenvalue weighted by Gasteiger charge is -2.22. The van der Waals surface area contributed by atoms with Crippen molar-refractivity contribution in [2.75, 3.05) is 44.9 Å². The molecule has 1 amide bonds. The number of thioether (sulfide) groups is 1. The van der Waals surface area contributed by atoms with Gasteiger partial charge in [0.2, 0.25) is 0 Å². The number of alkyl halides is 1. The van der Waals surface area contributed by atoms with Crippen LogP contribution in [0.4, 0.5) is 0 Å². The number of hydrogen-bond acceptors (Lipinski definition) is 3. The molecule has 1 aromatic carbocycles. The molecule has 1 aromatic rings. The van der Waals surface area contributed by atoms with E-state index in [1.165, 1.54) is 0 Å². The Kier molecular flexibility index (Phi) is 6.20. The van der Waals surface area contributed by atoms with Gasteiger partial charge in [-0.2, -0.15) is 0 Å². The van der Waals surface area contributed by atoms with E-state index in [-0.39, 0.29) is 5.91 Å². The highest BCUT2D eigenvalue weighted by Gasteiger charge is 2.21. The molecule has 2 rings (SSSR count). The van der Waals surface area contributed by atoms with Crippen LogP contribution >= 0.6 is 23.4 Å². The average Bonchev–Trinajstić information content (AvgIpc) is 2.72. The molecule has 1 saturated heterocycles. The van der Waals surface area contributed by atoms with Gasteiger partial charge in [0.05, 0.1) is 5.56 Å². The number of amides is 1. The molecular formula is C15H21ClN2OS. The van der Waals surface area contributed by atoms with Crippen molar-refractivity contribution in [3.8, 4) is 0 Å². The molecule has 5 heteroatoms. The topological polar surface area (TPSA) is 23.6 Å². The maximum Gasteiger partial charge on any atom is 0.255 e. The minimum Gasteiger partial charge on any atom is -0.337 e. The molecular weight excluding hydrogens is 292 g/mol. The van der Waals surface area contributed by atoms with Crippen LogP contribution < -0.4 is 0 Å². The van der Waals surface area contributed by atoms with Crippen LogP contribution in [0.25, 0.3) is 0 Å². The Balaban J connectivity index is 2.05. The fourth-order valence-electron chi connectivity index (χ4n) is 2.51. The Bertz CT molecular complexity index is 455. The number of carbonyl (C=O) groups is 1. The van der Waals surface area contributed by atoms with Gasteiger partial charge in [0.15, 0.2) is 0 Å². The first-order valence-corrected chi connectivity index (χ1v) is 8.73. The van der Waals surface area contributed by atoms with E-state index >= 15 is 0 Å². The summed E-state index contributed by atoms with van der Waals surface area (Å²) >= 11 is 7.42. The van der Waals surface area contributed by atoms with Crippen LogP contribution in [0.1, 0.15) is 16.8 Å². The molecule has 0 saturated carbocycles. The minimum atomic E-state index is 0.155. The minimum absolute atomic E-state index is 0.155. The molecule has 1 aliphatic heterocycles. The second-order valence-corrected chi connectivity index (χ2v) is 6.10. The van der Waals surface area contributed by atoms with E-state index in [2.05, 4.69) is 4.90 Å². The van der Waals surface area contributed by atoms with Gasteiger partial charge in [-0.05, 0) is 31.4 Å². The van der Waals surface area contributed by atoms with Crippen molar-refractivity contribution in [1.29, 1.82) is 0 Å². The third kappa shape index (κ3) is 3.90. The maximum atomic E-state index is 12.7. The van der Waals surface area contributed by atoms with Gasteiger partial charge in [0, 0.05) is 37.0 Å². The van der Waals surface area contributed by atoms with Gasteiger partial charge in [0.1, 0.15) is 0 Å². The summed E-state index contributed by atoms with van der Waals surface area (Å²) in [5, 5.41) is 0. The van der Waals surface area contributed by atoms with Gasteiger partial charge in [-0.3, -0.25) is 4.79 Å². The lowest BCUT2D eigenvalue weighted by Crippen LogP contribution is -2.35. The van der Waals surface area contributed by atoms with E-state index in [1.807, 2.05) is 35.4 Å². The van der Waals surface area contributed by atoms with E-state index in [9.17, 15) is 4.79 Å². The molecule has 1 heterocycles. The molecule has 3 nitrogen and oxygen atoms in total. The third-order valence-electron chi connectivity index (χ3n) is 3.61. The lowest BCUT2D eigenvalue weighted by molar-refractivity contribution is 0.0758. The molecule has 0 aromatic heterocycles. The normalized spacial score (nSPS) is 17.0. The lowest BCUT2D eigenvalue weighted by atomic mass is 10.2. The number of nitrogens with zero attached hydrogens (tertiary/aromatic N) is 2. The first-order valence-electron chi connectivity index (χ1n) is 6.97. The maximum absolute atomic E-state index is 12.7. The zero-order chi connectivity index (χ0) is 14.4. The smallest absolute Gasteiger partial charge is 0.255 e. The van der Waals surface area contributed by atoms with E-state index in [4.69, 9.17) is 11.6 Å². The van der Waals surface area contributed by atoms with Crippen LogP contribution in [0.3, 0.4) is 0 Å². The SMILES string of the molecule is CSc1ccccc1C(=O)N1CCCN(CCCl)CC1. The summed E-state index contributed by atoms with van der Waals surface area (Å²) in [6.07, 6.45) is 3.03. The van der Waals surface area contributed by atoms with Gasteiger partial charge < -0.3 is 9.80 Å². The zero-order valence-electron chi connectivity index (χ0n) is 11.8. The largest absolute Gasteiger partial charge is 0.337 e. The molecule has 0 radical (unpaired) electrons. The molecule has 1 fully saturated rings. The molecule has 0 bridgehead atoms. The highest BCUT2D eigenvalue weighted by molar-refractivity contribution is 7.98. The van der Waals surface area contributed by atoms with Gasteiger partial charge in [0.25, 0.3) is 5.91 Å². The Morgan fingerprint density at radius 2 is 2.05 bits per heavy atom. The van der Waals surface area contributed by atoms with Crippen LogP contribution in [-0.2, 0) is 0 Å². The molecule has 0 aliphatic carbocycles. The molecule has 0 unspecified atom stereocenters. The van der Waals surface area contributed by atoms with Crippen molar-refractivity contribution in [2.24, 2.45) is 0 Å². The molecule has 110 valence electrons. The summed E-state index contributed by atoms with van der Waals surface area (Å²) in [6.45, 7) is 4.48. The van der Waals surface area contributed by atoms with E-state index in [0.29, 0.717) is 5.88 Å². The Labute approximate surface area is 130 Å². The zero-order valence-corrected chi connectivity index (χ0v) is 13.4. The summed E-state index contributed by atoms with van der Waals surface area (Å²) in [6, 6.07) is 7.85.